The van der Waals surface area contributed by atoms with Crippen molar-refractivity contribution < 1.29 is 4.79 Å². The number of hydrogen-bond acceptors (Lipinski definition) is 4. The quantitative estimate of drug-likeness (QED) is 0.564. The van der Waals surface area contributed by atoms with Crippen molar-refractivity contribution in [2.24, 2.45) is 0 Å². The fraction of sp³-hybridized carbons (Fsp3) is 0.182. The van der Waals surface area contributed by atoms with Crippen LogP contribution in [0.25, 0.3) is 16.5 Å². The lowest BCUT2D eigenvalue weighted by Gasteiger charge is -2.07. The van der Waals surface area contributed by atoms with Crippen LogP contribution in [0.2, 0.25) is 0 Å². The van der Waals surface area contributed by atoms with Crippen LogP contribution in [0, 0.1) is 13.8 Å². The summed E-state index contributed by atoms with van der Waals surface area (Å²) >= 11 is 0. The summed E-state index contributed by atoms with van der Waals surface area (Å²) in [5, 5.41) is 13.0. The average Bonchev–Trinajstić information content (AvgIpc) is 3.11. The third-order valence-electron chi connectivity index (χ3n) is 4.33. The molecule has 6 nitrogen and oxygen atoms in total. The van der Waals surface area contributed by atoms with Crippen molar-refractivity contribution in [3.05, 3.63) is 77.7 Å². The molecule has 0 spiro atoms. The molecule has 4 rings (SSSR count). The van der Waals surface area contributed by atoms with Crippen molar-refractivity contribution in [2.75, 3.05) is 5.32 Å². The molecule has 2 heterocycles. The van der Waals surface area contributed by atoms with Gasteiger partial charge in [0.1, 0.15) is 5.82 Å². The predicted octanol–water partition coefficient (Wildman–Crippen LogP) is 4.71. The smallest absolute Gasteiger partial charge is 0.279 e. The maximum atomic E-state index is 12.6. The molecular formula is C22H23N5O. The van der Waals surface area contributed by atoms with Crippen LogP contribution in [0.15, 0.2) is 60.8 Å². The summed E-state index contributed by atoms with van der Waals surface area (Å²) in [4.78, 5) is 16.9. The Morgan fingerprint density at radius 3 is 2.39 bits per heavy atom. The fourth-order valence-corrected chi connectivity index (χ4v) is 2.90. The Balaban J connectivity index is 0.00000109. The predicted molar refractivity (Wildman–Crippen MR) is 112 cm³/mol. The Labute approximate surface area is 164 Å². The Morgan fingerprint density at radius 2 is 1.64 bits per heavy atom. The van der Waals surface area contributed by atoms with Gasteiger partial charge in [0, 0.05) is 11.6 Å². The van der Waals surface area contributed by atoms with E-state index in [0.717, 1.165) is 22.0 Å². The Kier molecular flexibility index (Phi) is 5.79. The second-order valence-electron chi connectivity index (χ2n) is 6.09. The molecule has 4 aromatic rings. The zero-order valence-corrected chi connectivity index (χ0v) is 16.5. The lowest BCUT2D eigenvalue weighted by Crippen LogP contribution is -2.15. The largest absolute Gasteiger partial charge is 0.305 e. The number of hydrogen-bond donors (Lipinski definition) is 1. The normalized spacial score (nSPS) is 10.3. The SMILES string of the molecule is CC.Cc1ccccc1-n1nnc(C(=O)Nc2cc3ccccc3cn2)c1C. The number of carbonyl (C=O) groups excluding carboxylic acids is 1. The number of rotatable bonds is 3. The highest BCUT2D eigenvalue weighted by molar-refractivity contribution is 6.03. The number of carbonyl (C=O) groups is 1. The number of anilines is 1. The van der Waals surface area contributed by atoms with E-state index >= 15 is 0 Å². The first-order valence-electron chi connectivity index (χ1n) is 9.28. The molecule has 0 aliphatic rings. The number of benzene rings is 2. The van der Waals surface area contributed by atoms with E-state index in [4.69, 9.17) is 0 Å². The number of pyridine rings is 1. The number of nitrogens with zero attached hydrogens (tertiary/aromatic N) is 4. The van der Waals surface area contributed by atoms with E-state index in [9.17, 15) is 4.79 Å². The lowest BCUT2D eigenvalue weighted by atomic mass is 10.2. The van der Waals surface area contributed by atoms with E-state index in [0.29, 0.717) is 11.5 Å². The first-order valence-corrected chi connectivity index (χ1v) is 9.28. The van der Waals surface area contributed by atoms with Gasteiger partial charge in [0.05, 0.1) is 11.4 Å². The summed E-state index contributed by atoms with van der Waals surface area (Å²) in [6.07, 6.45) is 1.74. The molecule has 1 amide bonds. The molecule has 0 saturated carbocycles. The number of nitrogens with one attached hydrogen (secondary N) is 1. The molecule has 0 saturated heterocycles. The number of para-hydroxylation sites is 1. The van der Waals surface area contributed by atoms with E-state index in [1.807, 2.05) is 82.3 Å². The average molecular weight is 373 g/mol. The highest BCUT2D eigenvalue weighted by atomic mass is 16.2. The van der Waals surface area contributed by atoms with Crippen molar-refractivity contribution >= 4 is 22.5 Å². The molecule has 0 aliphatic heterocycles. The van der Waals surface area contributed by atoms with Crippen LogP contribution >= 0.6 is 0 Å². The number of fused-ring (bicyclic) bond motifs is 1. The van der Waals surface area contributed by atoms with E-state index in [2.05, 4.69) is 20.6 Å². The van der Waals surface area contributed by atoms with Gasteiger partial charge < -0.3 is 5.32 Å². The zero-order chi connectivity index (χ0) is 20.1. The minimum Gasteiger partial charge on any atom is -0.305 e. The molecule has 142 valence electrons. The minimum absolute atomic E-state index is 0.281. The third-order valence-corrected chi connectivity index (χ3v) is 4.33. The second-order valence-corrected chi connectivity index (χ2v) is 6.09. The molecule has 0 fully saturated rings. The molecule has 0 unspecified atom stereocenters. The molecular weight excluding hydrogens is 350 g/mol. The summed E-state index contributed by atoms with van der Waals surface area (Å²) in [6, 6.07) is 17.5. The van der Waals surface area contributed by atoms with Crippen LogP contribution < -0.4 is 5.32 Å². The van der Waals surface area contributed by atoms with Crippen molar-refractivity contribution in [1.29, 1.82) is 0 Å². The Hall–Kier alpha value is -3.54. The standard InChI is InChI=1S/C20H17N5O.C2H6/c1-13-7-3-6-10-17(13)25-14(2)19(23-24-25)20(26)22-18-11-15-8-4-5-9-16(15)12-21-18;1-2/h3-12H,1-2H3,(H,21,22,26);1-2H3. The summed E-state index contributed by atoms with van der Waals surface area (Å²) in [5.41, 5.74) is 2.92. The Morgan fingerprint density at radius 1 is 0.964 bits per heavy atom. The van der Waals surface area contributed by atoms with Crippen LogP contribution in [0.3, 0.4) is 0 Å². The van der Waals surface area contributed by atoms with Gasteiger partial charge >= 0.3 is 0 Å². The van der Waals surface area contributed by atoms with Crippen LogP contribution in [0.4, 0.5) is 5.82 Å². The molecule has 28 heavy (non-hydrogen) atoms. The van der Waals surface area contributed by atoms with Gasteiger partial charge in [0.2, 0.25) is 0 Å². The summed E-state index contributed by atoms with van der Waals surface area (Å²) < 4.78 is 1.68. The zero-order valence-electron chi connectivity index (χ0n) is 16.5. The van der Waals surface area contributed by atoms with Crippen LogP contribution in [0.1, 0.15) is 35.6 Å². The monoisotopic (exact) mass is 373 g/mol. The summed E-state index contributed by atoms with van der Waals surface area (Å²) in [5.74, 6) is 0.156. The molecule has 1 N–H and O–H groups in total. The highest BCUT2D eigenvalue weighted by Gasteiger charge is 2.18. The molecule has 2 aromatic carbocycles. The van der Waals surface area contributed by atoms with E-state index in [1.165, 1.54) is 0 Å². The van der Waals surface area contributed by atoms with Crippen LogP contribution in [-0.2, 0) is 0 Å². The van der Waals surface area contributed by atoms with Crippen molar-refractivity contribution in [3.63, 3.8) is 0 Å². The van der Waals surface area contributed by atoms with E-state index in [1.54, 1.807) is 10.9 Å². The van der Waals surface area contributed by atoms with Crippen molar-refractivity contribution in [1.82, 2.24) is 20.0 Å². The fourth-order valence-electron chi connectivity index (χ4n) is 2.90. The summed E-state index contributed by atoms with van der Waals surface area (Å²) in [7, 11) is 0. The number of aryl methyl sites for hydroxylation is 1. The van der Waals surface area contributed by atoms with Gasteiger partial charge in [-0.1, -0.05) is 61.5 Å². The summed E-state index contributed by atoms with van der Waals surface area (Å²) in [6.45, 7) is 7.82. The van der Waals surface area contributed by atoms with Gasteiger partial charge in [-0.2, -0.15) is 0 Å². The third kappa shape index (κ3) is 3.76. The van der Waals surface area contributed by atoms with Gasteiger partial charge in [0.25, 0.3) is 5.91 Å². The van der Waals surface area contributed by atoms with Gasteiger partial charge in [-0.05, 0) is 36.9 Å². The molecule has 0 atom stereocenters. The highest BCUT2D eigenvalue weighted by Crippen LogP contribution is 2.19. The van der Waals surface area contributed by atoms with E-state index in [-0.39, 0.29) is 11.6 Å². The van der Waals surface area contributed by atoms with Crippen LogP contribution in [-0.4, -0.2) is 25.9 Å². The molecule has 6 heteroatoms. The molecule has 0 aliphatic carbocycles. The maximum Gasteiger partial charge on any atom is 0.279 e. The minimum atomic E-state index is -0.329. The van der Waals surface area contributed by atoms with E-state index < -0.39 is 0 Å². The first-order chi connectivity index (χ1) is 13.6. The van der Waals surface area contributed by atoms with Crippen molar-refractivity contribution in [3.8, 4) is 5.69 Å². The van der Waals surface area contributed by atoms with Gasteiger partial charge in [-0.15, -0.1) is 5.10 Å². The molecule has 2 aromatic heterocycles. The molecule has 0 radical (unpaired) electrons. The lowest BCUT2D eigenvalue weighted by molar-refractivity contribution is 0.102. The topological polar surface area (TPSA) is 72.7 Å². The second kappa shape index (κ2) is 8.43. The maximum absolute atomic E-state index is 12.6. The van der Waals surface area contributed by atoms with Gasteiger partial charge in [-0.25, -0.2) is 9.67 Å². The number of amides is 1. The van der Waals surface area contributed by atoms with Gasteiger partial charge in [-0.3, -0.25) is 4.79 Å². The van der Waals surface area contributed by atoms with Crippen molar-refractivity contribution in [2.45, 2.75) is 27.7 Å². The van der Waals surface area contributed by atoms with Gasteiger partial charge in [0.15, 0.2) is 5.69 Å². The number of aromatic nitrogens is 4. The van der Waals surface area contributed by atoms with Crippen LogP contribution in [0.5, 0.6) is 0 Å². The first kappa shape index (κ1) is 19.2. The molecule has 0 bridgehead atoms. The Bertz CT molecular complexity index is 1120.